The first-order chi connectivity index (χ1) is 13.3. The number of amides is 1. The standard InChI is InChI=1S/C22H27NO5/c1-22(2,3)28-21(25)23-18(14-17-12-8-9-13-19(17)26-4)20(24)27-15-16-10-6-5-7-11-16/h5-13,18H,14-15H2,1-4H3,(H,23,25)/t18-/m0/s1. The molecule has 28 heavy (non-hydrogen) atoms. The van der Waals surface area contributed by atoms with Gasteiger partial charge in [-0.1, -0.05) is 48.5 Å². The van der Waals surface area contributed by atoms with Crippen molar-refractivity contribution in [2.45, 2.75) is 45.4 Å². The smallest absolute Gasteiger partial charge is 0.408 e. The van der Waals surface area contributed by atoms with E-state index in [9.17, 15) is 9.59 Å². The number of hydrogen-bond donors (Lipinski definition) is 1. The molecule has 0 saturated heterocycles. The van der Waals surface area contributed by atoms with Gasteiger partial charge < -0.3 is 19.5 Å². The van der Waals surface area contributed by atoms with Gasteiger partial charge in [-0.05, 0) is 38.0 Å². The van der Waals surface area contributed by atoms with E-state index in [1.807, 2.05) is 48.5 Å². The maximum atomic E-state index is 12.7. The number of alkyl carbamates (subject to hydrolysis) is 1. The van der Waals surface area contributed by atoms with Gasteiger partial charge >= 0.3 is 12.1 Å². The summed E-state index contributed by atoms with van der Waals surface area (Å²) < 4.78 is 16.0. The summed E-state index contributed by atoms with van der Waals surface area (Å²) in [6.45, 7) is 5.40. The Kier molecular flexibility index (Phi) is 7.44. The zero-order valence-electron chi connectivity index (χ0n) is 16.7. The fourth-order valence-corrected chi connectivity index (χ4v) is 2.56. The number of esters is 1. The van der Waals surface area contributed by atoms with Crippen LogP contribution in [-0.4, -0.2) is 30.8 Å². The van der Waals surface area contributed by atoms with Crippen molar-refractivity contribution in [2.75, 3.05) is 7.11 Å². The largest absolute Gasteiger partial charge is 0.496 e. The van der Waals surface area contributed by atoms with Crippen molar-refractivity contribution < 1.29 is 23.8 Å². The van der Waals surface area contributed by atoms with E-state index in [-0.39, 0.29) is 13.0 Å². The number of methoxy groups -OCH3 is 1. The van der Waals surface area contributed by atoms with Crippen molar-refractivity contribution in [2.24, 2.45) is 0 Å². The molecular weight excluding hydrogens is 358 g/mol. The zero-order chi connectivity index (χ0) is 20.6. The lowest BCUT2D eigenvalue weighted by molar-refractivity contribution is -0.147. The first kappa shape index (κ1) is 21.3. The lowest BCUT2D eigenvalue weighted by Gasteiger charge is -2.23. The summed E-state index contributed by atoms with van der Waals surface area (Å²) in [7, 11) is 1.56. The molecular formula is C22H27NO5. The number of ether oxygens (including phenoxy) is 3. The van der Waals surface area contributed by atoms with Gasteiger partial charge in [-0.2, -0.15) is 0 Å². The van der Waals surface area contributed by atoms with E-state index >= 15 is 0 Å². The minimum Gasteiger partial charge on any atom is -0.496 e. The molecule has 2 aromatic carbocycles. The molecule has 0 unspecified atom stereocenters. The Morgan fingerprint density at radius 1 is 1.00 bits per heavy atom. The number of nitrogens with one attached hydrogen (secondary N) is 1. The average molecular weight is 385 g/mol. The van der Waals surface area contributed by atoms with Crippen molar-refractivity contribution in [3.63, 3.8) is 0 Å². The third-order valence-electron chi connectivity index (χ3n) is 3.82. The summed E-state index contributed by atoms with van der Waals surface area (Å²) in [5.41, 5.74) is 0.972. The molecule has 0 aromatic heterocycles. The quantitative estimate of drug-likeness (QED) is 0.733. The Labute approximate surface area is 165 Å². The molecule has 0 aliphatic heterocycles. The van der Waals surface area contributed by atoms with Gasteiger partial charge in [0.15, 0.2) is 0 Å². The van der Waals surface area contributed by atoms with Crippen LogP contribution >= 0.6 is 0 Å². The van der Waals surface area contributed by atoms with E-state index in [1.165, 1.54) is 0 Å². The Bertz CT molecular complexity index is 783. The van der Waals surface area contributed by atoms with Gasteiger partial charge in [0.2, 0.25) is 0 Å². The fraction of sp³-hybridized carbons (Fsp3) is 0.364. The molecule has 0 aliphatic rings. The van der Waals surface area contributed by atoms with Gasteiger partial charge in [-0.3, -0.25) is 0 Å². The van der Waals surface area contributed by atoms with Gasteiger partial charge in [-0.15, -0.1) is 0 Å². The van der Waals surface area contributed by atoms with Crippen LogP contribution in [0.1, 0.15) is 31.9 Å². The Hall–Kier alpha value is -3.02. The van der Waals surface area contributed by atoms with Crippen LogP contribution in [0.2, 0.25) is 0 Å². The van der Waals surface area contributed by atoms with E-state index in [1.54, 1.807) is 33.9 Å². The minimum absolute atomic E-state index is 0.123. The first-order valence-corrected chi connectivity index (χ1v) is 9.10. The second-order valence-electron chi connectivity index (χ2n) is 7.31. The monoisotopic (exact) mass is 385 g/mol. The number of rotatable bonds is 7. The van der Waals surface area contributed by atoms with E-state index < -0.39 is 23.7 Å². The molecule has 0 spiro atoms. The van der Waals surface area contributed by atoms with Crippen molar-refractivity contribution in [1.82, 2.24) is 5.32 Å². The summed E-state index contributed by atoms with van der Waals surface area (Å²) >= 11 is 0. The number of benzene rings is 2. The highest BCUT2D eigenvalue weighted by Gasteiger charge is 2.27. The maximum absolute atomic E-state index is 12.7. The van der Waals surface area contributed by atoms with Crippen LogP contribution in [0.25, 0.3) is 0 Å². The van der Waals surface area contributed by atoms with Gasteiger partial charge in [-0.25, -0.2) is 9.59 Å². The highest BCUT2D eigenvalue weighted by atomic mass is 16.6. The van der Waals surface area contributed by atoms with Gasteiger partial charge in [0.05, 0.1) is 7.11 Å². The van der Waals surface area contributed by atoms with Crippen LogP contribution in [-0.2, 0) is 27.3 Å². The topological polar surface area (TPSA) is 73.9 Å². The van der Waals surface area contributed by atoms with Crippen molar-refractivity contribution >= 4 is 12.1 Å². The number of carbonyl (C=O) groups excluding carboxylic acids is 2. The third kappa shape index (κ3) is 6.95. The van der Waals surface area contributed by atoms with Crippen LogP contribution in [0.15, 0.2) is 54.6 Å². The molecule has 150 valence electrons. The molecule has 6 nitrogen and oxygen atoms in total. The van der Waals surface area contributed by atoms with Crippen LogP contribution in [0.4, 0.5) is 4.79 Å². The fourth-order valence-electron chi connectivity index (χ4n) is 2.56. The molecule has 0 bridgehead atoms. The molecule has 0 aliphatic carbocycles. The molecule has 1 N–H and O–H groups in total. The molecule has 0 radical (unpaired) electrons. The number of hydrogen-bond acceptors (Lipinski definition) is 5. The van der Waals surface area contributed by atoms with E-state index in [0.29, 0.717) is 5.75 Å². The highest BCUT2D eigenvalue weighted by Crippen LogP contribution is 2.20. The average Bonchev–Trinajstić information content (AvgIpc) is 2.65. The Morgan fingerprint density at radius 2 is 1.64 bits per heavy atom. The van der Waals surface area contributed by atoms with Crippen LogP contribution in [0.5, 0.6) is 5.75 Å². The predicted octanol–water partition coefficient (Wildman–Crippen LogP) is 3.87. The molecule has 2 rings (SSSR count). The van der Waals surface area contributed by atoms with E-state index in [4.69, 9.17) is 14.2 Å². The summed E-state index contributed by atoms with van der Waals surface area (Å²) in [5.74, 6) is 0.0926. The highest BCUT2D eigenvalue weighted by molar-refractivity contribution is 5.82. The van der Waals surface area contributed by atoms with Gasteiger partial charge in [0.1, 0.15) is 24.0 Å². The summed E-state index contributed by atoms with van der Waals surface area (Å²) in [5, 5.41) is 2.62. The van der Waals surface area contributed by atoms with Crippen LogP contribution < -0.4 is 10.1 Å². The van der Waals surface area contributed by atoms with Gasteiger partial charge in [0, 0.05) is 6.42 Å². The van der Waals surface area contributed by atoms with Crippen LogP contribution in [0.3, 0.4) is 0 Å². The molecule has 1 amide bonds. The molecule has 6 heteroatoms. The molecule has 0 heterocycles. The summed E-state index contributed by atoms with van der Waals surface area (Å²) in [4.78, 5) is 24.9. The first-order valence-electron chi connectivity index (χ1n) is 9.10. The molecule has 1 atom stereocenters. The summed E-state index contributed by atoms with van der Waals surface area (Å²) in [6.07, 6.45) is -0.458. The second-order valence-corrected chi connectivity index (χ2v) is 7.31. The molecule has 0 fully saturated rings. The normalized spacial score (nSPS) is 12.0. The minimum atomic E-state index is -0.908. The van der Waals surface area contributed by atoms with E-state index in [0.717, 1.165) is 11.1 Å². The lowest BCUT2D eigenvalue weighted by Crippen LogP contribution is -2.45. The number of para-hydroxylation sites is 1. The third-order valence-corrected chi connectivity index (χ3v) is 3.82. The Balaban J connectivity index is 2.12. The Morgan fingerprint density at radius 3 is 2.29 bits per heavy atom. The van der Waals surface area contributed by atoms with Crippen molar-refractivity contribution in [3.05, 3.63) is 65.7 Å². The van der Waals surface area contributed by atoms with Crippen molar-refractivity contribution in [3.8, 4) is 5.75 Å². The van der Waals surface area contributed by atoms with Gasteiger partial charge in [0.25, 0.3) is 0 Å². The lowest BCUT2D eigenvalue weighted by atomic mass is 10.0. The van der Waals surface area contributed by atoms with Crippen LogP contribution in [0, 0.1) is 0 Å². The van der Waals surface area contributed by atoms with Crippen molar-refractivity contribution in [1.29, 1.82) is 0 Å². The number of carbonyl (C=O) groups is 2. The SMILES string of the molecule is COc1ccccc1C[C@H](NC(=O)OC(C)(C)C)C(=O)OCc1ccccc1. The molecule has 0 saturated carbocycles. The predicted molar refractivity (Wildman–Crippen MR) is 106 cm³/mol. The van der Waals surface area contributed by atoms with E-state index in [2.05, 4.69) is 5.32 Å². The summed E-state index contributed by atoms with van der Waals surface area (Å²) in [6, 6.07) is 15.8. The second kappa shape index (κ2) is 9.78. The maximum Gasteiger partial charge on any atom is 0.408 e. The molecule has 2 aromatic rings. The zero-order valence-corrected chi connectivity index (χ0v) is 16.7.